The first kappa shape index (κ1) is 16.0. The van der Waals surface area contributed by atoms with Gasteiger partial charge < -0.3 is 11.1 Å². The summed E-state index contributed by atoms with van der Waals surface area (Å²) in [6, 6.07) is 13.2. The van der Waals surface area contributed by atoms with Gasteiger partial charge in [0.05, 0.1) is 0 Å². The number of carbonyl (C=O) groups excluding carboxylic acids is 2. The average Bonchev–Trinajstić information content (AvgIpc) is 2.45. The van der Waals surface area contributed by atoms with Gasteiger partial charge in [0.25, 0.3) is 5.91 Å². The van der Waals surface area contributed by atoms with Crippen LogP contribution in [0.2, 0.25) is 0 Å². The summed E-state index contributed by atoms with van der Waals surface area (Å²) >= 11 is 0. The molecule has 0 heterocycles. The van der Waals surface area contributed by atoms with Gasteiger partial charge in [-0.05, 0) is 36.1 Å². The minimum Gasteiger partial charge on any atom is -0.368 e. The first-order valence-electron chi connectivity index (χ1n) is 7.43. The molecule has 22 heavy (non-hydrogen) atoms. The van der Waals surface area contributed by atoms with Crippen molar-refractivity contribution >= 4 is 22.6 Å². The van der Waals surface area contributed by atoms with E-state index in [1.54, 1.807) is 13.0 Å². The van der Waals surface area contributed by atoms with Gasteiger partial charge in [0.2, 0.25) is 5.91 Å². The minimum atomic E-state index is -1.05. The predicted octanol–water partition coefficient (Wildman–Crippen LogP) is 2.86. The number of hydrogen-bond donors (Lipinski definition) is 2. The molecule has 0 aliphatic rings. The van der Waals surface area contributed by atoms with Gasteiger partial charge in [-0.1, -0.05) is 50.2 Å². The third-order valence-electron chi connectivity index (χ3n) is 3.78. The standard InChI is InChI=1S/C18H22N2O2/c1-12(2)11-18(3,17(19)22)20-16(21)15-10-6-8-13-7-4-5-9-14(13)15/h4-10,12H,11H2,1-3H3,(H2,19,22)(H,20,21)/t18-/m1/s1. The van der Waals surface area contributed by atoms with E-state index in [0.717, 1.165) is 10.8 Å². The first-order valence-corrected chi connectivity index (χ1v) is 7.43. The second kappa shape index (κ2) is 6.18. The van der Waals surface area contributed by atoms with Gasteiger partial charge in [-0.15, -0.1) is 0 Å². The molecule has 0 fully saturated rings. The zero-order valence-corrected chi connectivity index (χ0v) is 13.2. The van der Waals surface area contributed by atoms with Crippen molar-refractivity contribution in [1.29, 1.82) is 0 Å². The smallest absolute Gasteiger partial charge is 0.252 e. The highest BCUT2D eigenvalue weighted by atomic mass is 16.2. The molecule has 2 aromatic rings. The highest BCUT2D eigenvalue weighted by Gasteiger charge is 2.34. The maximum absolute atomic E-state index is 12.6. The maximum Gasteiger partial charge on any atom is 0.252 e. The second-order valence-electron chi connectivity index (χ2n) is 6.28. The molecular weight excluding hydrogens is 276 g/mol. The van der Waals surface area contributed by atoms with Crippen molar-refractivity contribution in [2.75, 3.05) is 0 Å². The van der Waals surface area contributed by atoms with Crippen LogP contribution in [-0.4, -0.2) is 17.4 Å². The van der Waals surface area contributed by atoms with Crippen molar-refractivity contribution in [2.24, 2.45) is 11.7 Å². The van der Waals surface area contributed by atoms with Crippen molar-refractivity contribution < 1.29 is 9.59 Å². The van der Waals surface area contributed by atoms with E-state index in [0.29, 0.717) is 12.0 Å². The lowest BCUT2D eigenvalue weighted by molar-refractivity contribution is -0.124. The highest BCUT2D eigenvalue weighted by Crippen LogP contribution is 2.21. The van der Waals surface area contributed by atoms with Gasteiger partial charge >= 0.3 is 0 Å². The monoisotopic (exact) mass is 298 g/mol. The van der Waals surface area contributed by atoms with Crippen molar-refractivity contribution in [1.82, 2.24) is 5.32 Å². The Bertz CT molecular complexity index is 704. The molecule has 2 aromatic carbocycles. The van der Waals surface area contributed by atoms with E-state index >= 15 is 0 Å². The zero-order valence-electron chi connectivity index (χ0n) is 13.2. The molecule has 1 atom stereocenters. The Kier molecular flexibility index (Phi) is 4.50. The van der Waals surface area contributed by atoms with Crippen LogP contribution in [0.25, 0.3) is 10.8 Å². The van der Waals surface area contributed by atoms with Crippen molar-refractivity contribution in [3.63, 3.8) is 0 Å². The number of primary amides is 1. The summed E-state index contributed by atoms with van der Waals surface area (Å²) in [7, 11) is 0. The van der Waals surface area contributed by atoms with Crippen molar-refractivity contribution in [3.8, 4) is 0 Å². The summed E-state index contributed by atoms with van der Waals surface area (Å²) in [6.45, 7) is 5.66. The molecule has 116 valence electrons. The molecule has 0 aliphatic heterocycles. The van der Waals surface area contributed by atoms with Crippen LogP contribution in [0.1, 0.15) is 37.6 Å². The van der Waals surface area contributed by atoms with E-state index in [1.807, 2.05) is 50.2 Å². The van der Waals surface area contributed by atoms with Crippen molar-refractivity contribution in [2.45, 2.75) is 32.7 Å². The van der Waals surface area contributed by atoms with Gasteiger partial charge in [-0.3, -0.25) is 9.59 Å². The van der Waals surface area contributed by atoms with Crippen LogP contribution in [0, 0.1) is 5.92 Å². The lowest BCUT2D eigenvalue weighted by atomic mass is 9.89. The Hall–Kier alpha value is -2.36. The number of benzene rings is 2. The Balaban J connectivity index is 2.36. The molecule has 0 spiro atoms. The summed E-state index contributed by atoms with van der Waals surface area (Å²) in [6.07, 6.45) is 0.499. The van der Waals surface area contributed by atoms with E-state index in [-0.39, 0.29) is 11.8 Å². The van der Waals surface area contributed by atoms with Gasteiger partial charge in [0.15, 0.2) is 0 Å². The van der Waals surface area contributed by atoms with E-state index in [2.05, 4.69) is 5.32 Å². The molecule has 4 nitrogen and oxygen atoms in total. The lowest BCUT2D eigenvalue weighted by Gasteiger charge is -2.29. The normalized spacial score (nSPS) is 13.8. The third kappa shape index (κ3) is 3.27. The topological polar surface area (TPSA) is 72.2 Å². The second-order valence-corrected chi connectivity index (χ2v) is 6.28. The molecule has 0 saturated carbocycles. The number of hydrogen-bond acceptors (Lipinski definition) is 2. The summed E-state index contributed by atoms with van der Waals surface area (Å²) in [5.74, 6) is -0.557. The predicted molar refractivity (Wildman–Crippen MR) is 88.5 cm³/mol. The molecule has 0 bridgehead atoms. The zero-order chi connectivity index (χ0) is 16.3. The highest BCUT2D eigenvalue weighted by molar-refractivity contribution is 6.08. The van der Waals surface area contributed by atoms with Gasteiger partial charge in [0, 0.05) is 5.56 Å². The summed E-state index contributed by atoms with van der Waals surface area (Å²) in [5.41, 5.74) is 5.00. The molecule has 2 rings (SSSR count). The van der Waals surface area contributed by atoms with Crippen molar-refractivity contribution in [3.05, 3.63) is 48.0 Å². The van der Waals surface area contributed by atoms with E-state index in [9.17, 15) is 9.59 Å². The largest absolute Gasteiger partial charge is 0.368 e. The molecule has 0 saturated heterocycles. The molecule has 0 aliphatic carbocycles. The summed E-state index contributed by atoms with van der Waals surface area (Å²) < 4.78 is 0. The van der Waals surface area contributed by atoms with Crippen LogP contribution in [-0.2, 0) is 4.79 Å². The Morgan fingerprint density at radius 1 is 1.14 bits per heavy atom. The molecular formula is C18H22N2O2. The van der Waals surface area contributed by atoms with E-state index < -0.39 is 11.4 Å². The van der Waals surface area contributed by atoms with E-state index in [1.165, 1.54) is 0 Å². The Labute approximate surface area is 130 Å². The van der Waals surface area contributed by atoms with Crippen LogP contribution in [0.5, 0.6) is 0 Å². The van der Waals surface area contributed by atoms with Crippen LogP contribution >= 0.6 is 0 Å². The van der Waals surface area contributed by atoms with Crippen LogP contribution in [0.4, 0.5) is 0 Å². The fraction of sp³-hybridized carbons (Fsp3) is 0.333. The van der Waals surface area contributed by atoms with Gasteiger partial charge in [-0.2, -0.15) is 0 Å². The number of carbonyl (C=O) groups is 2. The molecule has 2 amide bonds. The third-order valence-corrected chi connectivity index (χ3v) is 3.78. The van der Waals surface area contributed by atoms with Crippen LogP contribution < -0.4 is 11.1 Å². The number of nitrogens with two attached hydrogens (primary N) is 1. The number of rotatable bonds is 5. The van der Waals surface area contributed by atoms with Gasteiger partial charge in [-0.25, -0.2) is 0 Å². The molecule has 0 radical (unpaired) electrons. The molecule has 0 unspecified atom stereocenters. The van der Waals surface area contributed by atoms with Crippen LogP contribution in [0.15, 0.2) is 42.5 Å². The first-order chi connectivity index (χ1) is 10.3. The Morgan fingerprint density at radius 3 is 2.41 bits per heavy atom. The Morgan fingerprint density at radius 2 is 1.77 bits per heavy atom. The fourth-order valence-electron chi connectivity index (χ4n) is 2.77. The van der Waals surface area contributed by atoms with E-state index in [4.69, 9.17) is 5.73 Å². The number of amides is 2. The summed E-state index contributed by atoms with van der Waals surface area (Å²) in [5, 5.41) is 4.67. The minimum absolute atomic E-state index is 0.241. The summed E-state index contributed by atoms with van der Waals surface area (Å²) in [4.78, 5) is 24.4. The van der Waals surface area contributed by atoms with Gasteiger partial charge in [0.1, 0.15) is 5.54 Å². The maximum atomic E-state index is 12.6. The molecule has 0 aromatic heterocycles. The average molecular weight is 298 g/mol. The molecule has 3 N–H and O–H groups in total. The lowest BCUT2D eigenvalue weighted by Crippen LogP contribution is -2.56. The fourth-order valence-corrected chi connectivity index (χ4v) is 2.77. The number of fused-ring (bicyclic) bond motifs is 1. The molecule has 4 heteroatoms. The quantitative estimate of drug-likeness (QED) is 0.891. The van der Waals surface area contributed by atoms with Crippen LogP contribution in [0.3, 0.4) is 0 Å². The SMILES string of the molecule is CC(C)C[C@@](C)(NC(=O)c1cccc2ccccc12)C(N)=O. The number of nitrogens with one attached hydrogen (secondary N) is 1.